The van der Waals surface area contributed by atoms with E-state index < -0.39 is 6.10 Å². The van der Waals surface area contributed by atoms with Gasteiger partial charge < -0.3 is 9.84 Å². The normalized spacial score (nSPS) is 12.4. The molecule has 1 atom stereocenters. The van der Waals surface area contributed by atoms with Crippen molar-refractivity contribution in [2.24, 2.45) is 0 Å². The zero-order valence-corrected chi connectivity index (χ0v) is 11.4. The molecule has 0 aliphatic rings. The van der Waals surface area contributed by atoms with Gasteiger partial charge in [-0.05, 0) is 18.4 Å². The van der Waals surface area contributed by atoms with E-state index in [9.17, 15) is 9.90 Å². The zero-order chi connectivity index (χ0) is 13.8. The van der Waals surface area contributed by atoms with Gasteiger partial charge in [-0.1, -0.05) is 30.3 Å². The number of aliphatic hydroxyl groups is 1. The van der Waals surface area contributed by atoms with Crippen LogP contribution in [-0.4, -0.2) is 29.5 Å². The number of aliphatic hydroxyl groups excluding tert-OH is 1. The Balaban J connectivity index is 2.46. The summed E-state index contributed by atoms with van der Waals surface area (Å²) in [6.45, 7) is 1.56. The molecule has 0 fully saturated rings. The van der Waals surface area contributed by atoms with Crippen molar-refractivity contribution in [2.75, 3.05) is 12.5 Å². The van der Waals surface area contributed by atoms with Gasteiger partial charge in [0.25, 0.3) is 0 Å². The lowest BCUT2D eigenvalue weighted by Crippen LogP contribution is -2.19. The van der Waals surface area contributed by atoms with Crippen molar-refractivity contribution in [3.63, 3.8) is 0 Å². The van der Waals surface area contributed by atoms with Crippen molar-refractivity contribution in [3.8, 4) is 5.75 Å². The summed E-state index contributed by atoms with van der Waals surface area (Å²) < 4.78 is 5.61. The molecule has 2 aromatic rings. The van der Waals surface area contributed by atoms with E-state index in [2.05, 4.69) is 0 Å². The predicted molar refractivity (Wildman–Crippen MR) is 76.2 cm³/mol. The Kier molecular flexibility index (Phi) is 4.40. The van der Waals surface area contributed by atoms with Gasteiger partial charge in [0, 0.05) is 5.39 Å². The first-order chi connectivity index (χ1) is 9.13. The predicted octanol–water partition coefficient (Wildman–Crippen LogP) is 3.02. The van der Waals surface area contributed by atoms with Crippen LogP contribution in [0.1, 0.15) is 17.3 Å². The van der Waals surface area contributed by atoms with Gasteiger partial charge in [-0.15, -0.1) is 11.6 Å². The Labute approximate surface area is 116 Å². The van der Waals surface area contributed by atoms with Crippen LogP contribution in [-0.2, 0) is 0 Å². The molecule has 2 rings (SSSR count). The number of ether oxygens (including phenoxy) is 1. The highest BCUT2D eigenvalue weighted by molar-refractivity contribution is 6.18. The molecule has 3 nitrogen and oxygen atoms in total. The number of hydrogen-bond donors (Lipinski definition) is 1. The van der Waals surface area contributed by atoms with Gasteiger partial charge in [0.1, 0.15) is 18.5 Å². The summed E-state index contributed by atoms with van der Waals surface area (Å²) in [4.78, 5) is 11.7. The van der Waals surface area contributed by atoms with Gasteiger partial charge in [-0.3, -0.25) is 4.79 Å². The third kappa shape index (κ3) is 3.06. The zero-order valence-electron chi connectivity index (χ0n) is 10.6. The Morgan fingerprint density at radius 3 is 2.74 bits per heavy atom. The Morgan fingerprint density at radius 1 is 1.32 bits per heavy atom. The van der Waals surface area contributed by atoms with Crippen LogP contribution >= 0.6 is 11.6 Å². The number of carbonyl (C=O) groups excluding carboxylic acids is 1. The molecular weight excluding hydrogens is 264 g/mol. The molecule has 0 heterocycles. The maximum Gasteiger partial charge on any atom is 0.163 e. The highest BCUT2D eigenvalue weighted by Gasteiger charge is 2.14. The van der Waals surface area contributed by atoms with Crippen molar-refractivity contribution in [1.82, 2.24) is 0 Å². The lowest BCUT2D eigenvalue weighted by molar-refractivity contribution is 0.0998. The minimum absolute atomic E-state index is 0.0672. The molecule has 0 amide bonds. The van der Waals surface area contributed by atoms with Crippen LogP contribution in [0.3, 0.4) is 0 Å². The summed E-state index contributed by atoms with van der Waals surface area (Å²) in [5.41, 5.74) is 0.514. The number of rotatable bonds is 5. The van der Waals surface area contributed by atoms with Crippen LogP contribution in [0.15, 0.2) is 36.4 Å². The number of benzene rings is 2. The molecule has 4 heteroatoms. The number of halogens is 1. The van der Waals surface area contributed by atoms with Gasteiger partial charge in [-0.2, -0.15) is 0 Å². The van der Waals surface area contributed by atoms with Crippen molar-refractivity contribution < 1.29 is 14.6 Å². The Morgan fingerprint density at radius 2 is 2.05 bits per heavy atom. The highest BCUT2D eigenvalue weighted by Crippen LogP contribution is 2.30. The molecule has 0 radical (unpaired) electrons. The van der Waals surface area contributed by atoms with E-state index in [0.29, 0.717) is 11.3 Å². The van der Waals surface area contributed by atoms with Crippen LogP contribution in [0.4, 0.5) is 0 Å². The van der Waals surface area contributed by atoms with Crippen LogP contribution in [0.25, 0.3) is 10.8 Å². The number of ketones is 1. The minimum Gasteiger partial charge on any atom is -0.489 e. The first kappa shape index (κ1) is 13.8. The average molecular weight is 279 g/mol. The largest absolute Gasteiger partial charge is 0.489 e. The first-order valence-electron chi connectivity index (χ1n) is 6.03. The lowest BCUT2D eigenvalue weighted by Gasteiger charge is -2.14. The van der Waals surface area contributed by atoms with Crippen molar-refractivity contribution in [3.05, 3.63) is 42.0 Å². The SMILES string of the molecule is CC(=O)c1ccc2ccccc2c1OCC(O)CCl. The topological polar surface area (TPSA) is 46.5 Å². The van der Waals surface area contributed by atoms with E-state index in [1.807, 2.05) is 30.3 Å². The van der Waals surface area contributed by atoms with E-state index >= 15 is 0 Å². The van der Waals surface area contributed by atoms with E-state index in [0.717, 1.165) is 10.8 Å². The molecule has 100 valence electrons. The molecule has 1 N–H and O–H groups in total. The summed E-state index contributed by atoms with van der Waals surface area (Å²) in [7, 11) is 0. The highest BCUT2D eigenvalue weighted by atomic mass is 35.5. The molecule has 0 aliphatic carbocycles. The fraction of sp³-hybridized carbons (Fsp3) is 0.267. The van der Waals surface area contributed by atoms with Gasteiger partial charge in [0.15, 0.2) is 5.78 Å². The second-order valence-electron chi connectivity index (χ2n) is 4.34. The van der Waals surface area contributed by atoms with E-state index in [1.54, 1.807) is 6.07 Å². The smallest absolute Gasteiger partial charge is 0.163 e. The molecule has 2 aromatic carbocycles. The van der Waals surface area contributed by atoms with Crippen LogP contribution in [0.2, 0.25) is 0 Å². The molecule has 0 spiro atoms. The second kappa shape index (κ2) is 6.04. The third-order valence-electron chi connectivity index (χ3n) is 2.86. The monoisotopic (exact) mass is 278 g/mol. The maximum absolute atomic E-state index is 11.7. The summed E-state index contributed by atoms with van der Waals surface area (Å²) in [6, 6.07) is 11.3. The summed E-state index contributed by atoms with van der Waals surface area (Å²) in [5, 5.41) is 11.3. The molecule has 1 unspecified atom stereocenters. The van der Waals surface area contributed by atoms with Crippen LogP contribution < -0.4 is 4.74 Å². The molecule has 0 aromatic heterocycles. The fourth-order valence-electron chi connectivity index (χ4n) is 1.90. The maximum atomic E-state index is 11.7. The van der Waals surface area contributed by atoms with Crippen molar-refractivity contribution >= 4 is 28.2 Å². The van der Waals surface area contributed by atoms with Gasteiger partial charge in [-0.25, -0.2) is 0 Å². The van der Waals surface area contributed by atoms with Crippen molar-refractivity contribution in [1.29, 1.82) is 0 Å². The molecule has 19 heavy (non-hydrogen) atoms. The van der Waals surface area contributed by atoms with Gasteiger partial charge >= 0.3 is 0 Å². The van der Waals surface area contributed by atoms with E-state index in [-0.39, 0.29) is 18.3 Å². The molecular formula is C15H15ClO3. The first-order valence-corrected chi connectivity index (χ1v) is 6.56. The van der Waals surface area contributed by atoms with Crippen LogP contribution in [0.5, 0.6) is 5.75 Å². The minimum atomic E-state index is -0.750. The fourth-order valence-corrected chi connectivity index (χ4v) is 1.99. The number of Topliss-reactive ketones (excluding diaryl/α,β-unsaturated/α-hetero) is 1. The third-order valence-corrected chi connectivity index (χ3v) is 3.21. The molecule has 0 aliphatic heterocycles. The van der Waals surface area contributed by atoms with Gasteiger partial charge in [0.2, 0.25) is 0 Å². The number of hydrogen-bond acceptors (Lipinski definition) is 3. The quantitative estimate of drug-likeness (QED) is 0.675. The summed E-state index contributed by atoms with van der Waals surface area (Å²) in [5.74, 6) is 0.538. The van der Waals surface area contributed by atoms with E-state index in [1.165, 1.54) is 6.92 Å². The van der Waals surface area contributed by atoms with Gasteiger partial charge in [0.05, 0.1) is 11.4 Å². The number of fused-ring (bicyclic) bond motifs is 1. The molecule has 0 saturated carbocycles. The number of alkyl halides is 1. The molecule has 0 saturated heterocycles. The van der Waals surface area contributed by atoms with Crippen LogP contribution in [0, 0.1) is 0 Å². The van der Waals surface area contributed by atoms with Crippen molar-refractivity contribution in [2.45, 2.75) is 13.0 Å². The second-order valence-corrected chi connectivity index (χ2v) is 4.65. The Bertz CT molecular complexity index is 595. The molecule has 0 bridgehead atoms. The number of carbonyl (C=O) groups is 1. The lowest BCUT2D eigenvalue weighted by atomic mass is 10.0. The summed E-state index contributed by atoms with van der Waals surface area (Å²) in [6.07, 6.45) is -0.750. The Hall–Kier alpha value is -1.58. The standard InChI is InChI=1S/C15H15ClO3/c1-10(17)13-7-6-11-4-2-3-5-14(11)15(13)19-9-12(18)8-16/h2-7,12,18H,8-9H2,1H3. The average Bonchev–Trinajstić information content (AvgIpc) is 2.43. The van der Waals surface area contributed by atoms with E-state index in [4.69, 9.17) is 16.3 Å². The summed E-state index contributed by atoms with van der Waals surface area (Å²) >= 11 is 5.54.